The molecule has 8 heteroatoms. The zero-order valence-corrected chi connectivity index (χ0v) is 9.90. The minimum Gasteiger partial charge on any atom is -0.288 e. The first kappa shape index (κ1) is 12.7. The summed E-state index contributed by atoms with van der Waals surface area (Å²) in [7, 11) is 0. The molecule has 0 radical (unpaired) electrons. The molecule has 1 heterocycles. The largest absolute Gasteiger partial charge is 0.288 e. The van der Waals surface area contributed by atoms with Gasteiger partial charge in [-0.05, 0) is 31.2 Å². The van der Waals surface area contributed by atoms with Crippen LogP contribution in [0.4, 0.5) is 10.3 Å². The molecule has 1 aromatic carbocycles. The molecule has 0 saturated heterocycles. The number of aromatic nitrogens is 3. The lowest BCUT2D eigenvalue weighted by Gasteiger charge is -2.06. The Bertz CT molecular complexity index is 653. The zero-order chi connectivity index (χ0) is 13.8. The number of nitrogens with zero attached hydrogens (tertiary/aromatic N) is 2. The monoisotopic (exact) mass is 263 g/mol. The van der Waals surface area contributed by atoms with Crippen LogP contribution in [0.1, 0.15) is 16.1 Å². The summed E-state index contributed by atoms with van der Waals surface area (Å²) >= 11 is 0. The van der Waals surface area contributed by atoms with Crippen LogP contribution in [0.25, 0.3) is 0 Å². The van der Waals surface area contributed by atoms with Crippen molar-refractivity contribution in [2.24, 2.45) is 0 Å². The maximum atomic E-state index is 12.7. The molecule has 0 saturated carbocycles. The molecular formula is C11H10FN5O2. The van der Waals surface area contributed by atoms with Crippen LogP contribution in [-0.4, -0.2) is 21.1 Å². The van der Waals surface area contributed by atoms with Gasteiger partial charge in [0, 0.05) is 5.56 Å². The fraction of sp³-hybridized carbons (Fsp3) is 0.0909. The van der Waals surface area contributed by atoms with Gasteiger partial charge in [-0.15, -0.1) is 10.2 Å². The van der Waals surface area contributed by atoms with Crippen LogP contribution >= 0.6 is 0 Å². The van der Waals surface area contributed by atoms with Gasteiger partial charge in [0.25, 0.3) is 11.5 Å². The predicted molar refractivity (Wildman–Crippen MR) is 64.9 cm³/mol. The number of benzene rings is 1. The Morgan fingerprint density at radius 2 is 1.95 bits per heavy atom. The van der Waals surface area contributed by atoms with Crippen LogP contribution < -0.4 is 16.4 Å². The number of aryl methyl sites for hydroxylation is 1. The SMILES string of the molecule is Cc1nnc(NNC(=O)c2ccc(F)cc2)[nH]c1=O. The number of aromatic amines is 1. The Hall–Kier alpha value is -2.77. The minimum atomic E-state index is -0.497. The zero-order valence-electron chi connectivity index (χ0n) is 9.90. The number of carbonyl (C=O) groups is 1. The summed E-state index contributed by atoms with van der Waals surface area (Å²) in [5.41, 5.74) is 4.77. The highest BCUT2D eigenvalue weighted by molar-refractivity contribution is 5.94. The number of hydrogen-bond donors (Lipinski definition) is 3. The average molecular weight is 263 g/mol. The van der Waals surface area contributed by atoms with Gasteiger partial charge < -0.3 is 0 Å². The molecular weight excluding hydrogens is 253 g/mol. The maximum absolute atomic E-state index is 12.7. The number of carbonyl (C=O) groups excluding carboxylic acids is 1. The first-order valence-electron chi connectivity index (χ1n) is 5.32. The summed E-state index contributed by atoms with van der Waals surface area (Å²) in [4.78, 5) is 25.3. The molecule has 1 aromatic heterocycles. The Balaban J connectivity index is 2.02. The molecule has 0 aliphatic rings. The van der Waals surface area contributed by atoms with Crippen molar-refractivity contribution in [3.05, 3.63) is 51.7 Å². The summed E-state index contributed by atoms with van der Waals surface area (Å²) in [5.74, 6) is -0.924. The van der Waals surface area contributed by atoms with Crippen molar-refractivity contribution in [1.29, 1.82) is 0 Å². The van der Waals surface area contributed by atoms with Crippen LogP contribution in [0.5, 0.6) is 0 Å². The normalized spacial score (nSPS) is 10.0. The average Bonchev–Trinajstić information content (AvgIpc) is 2.40. The van der Waals surface area contributed by atoms with Crippen LogP contribution in [0.2, 0.25) is 0 Å². The van der Waals surface area contributed by atoms with Gasteiger partial charge in [-0.3, -0.25) is 25.4 Å². The van der Waals surface area contributed by atoms with Gasteiger partial charge >= 0.3 is 0 Å². The van der Waals surface area contributed by atoms with E-state index in [1.54, 1.807) is 0 Å². The quantitative estimate of drug-likeness (QED) is 0.695. The van der Waals surface area contributed by atoms with Crippen molar-refractivity contribution in [1.82, 2.24) is 20.6 Å². The number of hydrazine groups is 1. The van der Waals surface area contributed by atoms with E-state index in [2.05, 4.69) is 26.0 Å². The van der Waals surface area contributed by atoms with Crippen molar-refractivity contribution >= 4 is 11.9 Å². The molecule has 1 amide bonds. The van der Waals surface area contributed by atoms with Crippen molar-refractivity contribution in [3.8, 4) is 0 Å². The van der Waals surface area contributed by atoms with E-state index in [1.165, 1.54) is 31.2 Å². The van der Waals surface area contributed by atoms with E-state index in [0.717, 1.165) is 0 Å². The summed E-state index contributed by atoms with van der Waals surface area (Å²) in [6.07, 6.45) is 0. The number of rotatable bonds is 3. The summed E-state index contributed by atoms with van der Waals surface area (Å²) in [6, 6.07) is 5.00. The van der Waals surface area contributed by atoms with Gasteiger partial charge in [-0.25, -0.2) is 4.39 Å². The molecule has 98 valence electrons. The fourth-order valence-corrected chi connectivity index (χ4v) is 1.24. The number of amides is 1. The third kappa shape index (κ3) is 3.12. The molecule has 0 aliphatic heterocycles. The van der Waals surface area contributed by atoms with E-state index < -0.39 is 17.3 Å². The number of halogens is 1. The van der Waals surface area contributed by atoms with Gasteiger partial charge in [0.15, 0.2) is 0 Å². The third-order valence-electron chi connectivity index (χ3n) is 2.26. The number of anilines is 1. The van der Waals surface area contributed by atoms with Crippen LogP contribution in [0.3, 0.4) is 0 Å². The van der Waals surface area contributed by atoms with Crippen LogP contribution in [-0.2, 0) is 0 Å². The van der Waals surface area contributed by atoms with Gasteiger partial charge in [0.1, 0.15) is 11.5 Å². The summed E-state index contributed by atoms with van der Waals surface area (Å²) < 4.78 is 12.7. The van der Waals surface area contributed by atoms with Crippen molar-refractivity contribution in [2.75, 3.05) is 5.43 Å². The van der Waals surface area contributed by atoms with Gasteiger partial charge in [0.2, 0.25) is 5.95 Å². The Morgan fingerprint density at radius 3 is 2.58 bits per heavy atom. The Morgan fingerprint density at radius 1 is 1.26 bits per heavy atom. The first-order valence-corrected chi connectivity index (χ1v) is 5.32. The van der Waals surface area contributed by atoms with Gasteiger partial charge in [0.05, 0.1) is 0 Å². The van der Waals surface area contributed by atoms with E-state index in [9.17, 15) is 14.0 Å². The molecule has 0 atom stereocenters. The second-order valence-corrected chi connectivity index (χ2v) is 3.67. The second kappa shape index (κ2) is 5.25. The number of hydrogen-bond acceptors (Lipinski definition) is 5. The third-order valence-corrected chi connectivity index (χ3v) is 2.26. The summed E-state index contributed by atoms with van der Waals surface area (Å²) in [5, 5.41) is 7.21. The first-order chi connectivity index (χ1) is 9.06. The smallest absolute Gasteiger partial charge is 0.274 e. The van der Waals surface area contributed by atoms with Gasteiger partial charge in [-0.2, -0.15) is 0 Å². The molecule has 0 spiro atoms. The molecule has 0 aliphatic carbocycles. The van der Waals surface area contributed by atoms with Gasteiger partial charge in [-0.1, -0.05) is 0 Å². The van der Waals surface area contributed by atoms with Crippen molar-refractivity contribution < 1.29 is 9.18 Å². The maximum Gasteiger partial charge on any atom is 0.274 e. The molecule has 7 nitrogen and oxygen atoms in total. The van der Waals surface area contributed by atoms with E-state index >= 15 is 0 Å². The highest BCUT2D eigenvalue weighted by atomic mass is 19.1. The summed E-state index contributed by atoms with van der Waals surface area (Å²) in [6.45, 7) is 1.51. The molecule has 2 rings (SSSR count). The molecule has 2 aromatic rings. The molecule has 0 fully saturated rings. The van der Waals surface area contributed by atoms with Crippen molar-refractivity contribution in [2.45, 2.75) is 6.92 Å². The standard InChI is InChI=1S/C11H10FN5O2/c1-6-9(18)13-11(16-14-6)17-15-10(19)7-2-4-8(12)5-3-7/h2-5H,1H3,(H,15,19)(H2,13,16,17,18). The molecule has 3 N–H and O–H groups in total. The molecule has 0 unspecified atom stereocenters. The minimum absolute atomic E-state index is 0.00561. The number of H-pyrrole nitrogens is 1. The highest BCUT2D eigenvalue weighted by Crippen LogP contribution is 2.02. The van der Waals surface area contributed by atoms with Crippen LogP contribution in [0.15, 0.2) is 29.1 Å². The highest BCUT2D eigenvalue weighted by Gasteiger charge is 2.06. The topological polar surface area (TPSA) is 99.8 Å². The second-order valence-electron chi connectivity index (χ2n) is 3.67. The van der Waals surface area contributed by atoms with E-state index in [4.69, 9.17) is 0 Å². The lowest BCUT2D eigenvalue weighted by atomic mass is 10.2. The Kier molecular flexibility index (Phi) is 3.51. The van der Waals surface area contributed by atoms with Crippen molar-refractivity contribution in [3.63, 3.8) is 0 Å². The van der Waals surface area contributed by atoms with Crippen LogP contribution in [0, 0.1) is 12.7 Å². The number of nitrogens with one attached hydrogen (secondary N) is 3. The fourth-order valence-electron chi connectivity index (χ4n) is 1.24. The van der Waals surface area contributed by atoms with E-state index in [-0.39, 0.29) is 17.2 Å². The Labute approximate surface area is 106 Å². The van der Waals surface area contributed by atoms with E-state index in [0.29, 0.717) is 0 Å². The lowest BCUT2D eigenvalue weighted by Crippen LogP contribution is -2.31. The lowest BCUT2D eigenvalue weighted by molar-refractivity contribution is 0.0962. The van der Waals surface area contributed by atoms with E-state index in [1.807, 2.05) is 0 Å². The molecule has 0 bridgehead atoms. The predicted octanol–water partition coefficient (Wildman–Crippen LogP) is 0.369. The molecule has 19 heavy (non-hydrogen) atoms.